The van der Waals surface area contributed by atoms with Gasteiger partial charge in [0.05, 0.1) is 11.4 Å². The average Bonchev–Trinajstić information content (AvgIpc) is 3.65. The number of aryl methyl sites for hydroxylation is 2. The van der Waals surface area contributed by atoms with Crippen LogP contribution in [0.4, 0.5) is 10.5 Å². The number of nitrogens with zero attached hydrogens (tertiary/aromatic N) is 2. The van der Waals surface area contributed by atoms with E-state index in [1.54, 1.807) is 24.3 Å². The van der Waals surface area contributed by atoms with Gasteiger partial charge in [0.2, 0.25) is 0 Å². The Morgan fingerprint density at radius 2 is 1.78 bits per heavy atom. The Hall–Kier alpha value is -4.39. The van der Waals surface area contributed by atoms with Crippen LogP contribution in [0.1, 0.15) is 58.4 Å². The molecule has 2 amide bonds. The molecule has 188 valence electrons. The summed E-state index contributed by atoms with van der Waals surface area (Å²) in [6.07, 6.45) is 2.92. The lowest BCUT2D eigenvalue weighted by Gasteiger charge is -2.09. The van der Waals surface area contributed by atoms with E-state index in [1.807, 2.05) is 49.4 Å². The Labute approximate surface area is 216 Å². The molecule has 5 rings (SSSR count). The highest BCUT2D eigenvalue weighted by atomic mass is 16.3. The highest BCUT2D eigenvalue weighted by molar-refractivity contribution is 6.04. The van der Waals surface area contributed by atoms with Gasteiger partial charge in [-0.05, 0) is 67.6 Å². The quantitative estimate of drug-likeness (QED) is 0.293. The summed E-state index contributed by atoms with van der Waals surface area (Å²) in [6, 6.07) is 21.9. The Morgan fingerprint density at radius 3 is 2.46 bits per heavy atom. The Balaban J connectivity index is 1.32. The zero-order valence-corrected chi connectivity index (χ0v) is 21.0. The van der Waals surface area contributed by atoms with E-state index in [9.17, 15) is 14.7 Å². The smallest absolute Gasteiger partial charge is 0.342 e. The third-order valence-electron chi connectivity index (χ3n) is 6.61. The second-order valence-corrected chi connectivity index (χ2v) is 9.52. The van der Waals surface area contributed by atoms with Crippen LogP contribution in [-0.2, 0) is 13.0 Å². The number of hydrogen-bond acceptors (Lipinski definition) is 4. The molecule has 1 aliphatic rings. The van der Waals surface area contributed by atoms with E-state index in [0.29, 0.717) is 29.1 Å². The number of phenols is 1. The van der Waals surface area contributed by atoms with Crippen LogP contribution in [0.2, 0.25) is 0 Å². The van der Waals surface area contributed by atoms with Gasteiger partial charge in [-0.2, -0.15) is 9.78 Å². The lowest BCUT2D eigenvalue weighted by atomic mass is 10.1. The summed E-state index contributed by atoms with van der Waals surface area (Å²) in [7, 11) is 0. The molecule has 1 heterocycles. The van der Waals surface area contributed by atoms with Gasteiger partial charge in [-0.15, -0.1) is 0 Å². The van der Waals surface area contributed by atoms with E-state index in [-0.39, 0.29) is 23.6 Å². The first kappa shape index (κ1) is 24.3. The molecule has 3 N–H and O–H groups in total. The minimum atomic E-state index is -0.299. The number of carbonyl (C=O) groups excluding carboxylic acids is 2. The largest absolute Gasteiger partial charge is 0.507 e. The number of nitrogens with one attached hydrogen (secondary N) is 2. The van der Waals surface area contributed by atoms with Crippen LogP contribution in [0.3, 0.4) is 0 Å². The maximum atomic E-state index is 13.0. The number of anilines is 1. The van der Waals surface area contributed by atoms with Gasteiger partial charge in [0.15, 0.2) is 0 Å². The predicted octanol–water partition coefficient (Wildman–Crippen LogP) is 6.01. The van der Waals surface area contributed by atoms with Gasteiger partial charge in [-0.25, -0.2) is 4.79 Å². The highest BCUT2D eigenvalue weighted by Crippen LogP contribution is 2.42. The molecule has 0 radical (unpaired) electrons. The topological polar surface area (TPSA) is 96.3 Å². The fourth-order valence-corrected chi connectivity index (χ4v) is 4.36. The van der Waals surface area contributed by atoms with Crippen LogP contribution in [0.25, 0.3) is 11.3 Å². The molecule has 0 unspecified atom stereocenters. The van der Waals surface area contributed by atoms with Crippen LogP contribution in [0.15, 0.2) is 72.8 Å². The van der Waals surface area contributed by atoms with Crippen LogP contribution in [0, 0.1) is 6.92 Å². The summed E-state index contributed by atoms with van der Waals surface area (Å²) in [5.74, 6) is 0.0115. The molecule has 0 aliphatic heterocycles. The van der Waals surface area contributed by atoms with Crippen molar-refractivity contribution in [2.24, 2.45) is 0 Å². The zero-order valence-electron chi connectivity index (χ0n) is 21.0. The summed E-state index contributed by atoms with van der Waals surface area (Å²) < 4.78 is 1.41. The maximum absolute atomic E-state index is 13.0. The molecule has 1 aliphatic carbocycles. The van der Waals surface area contributed by atoms with Gasteiger partial charge in [0, 0.05) is 35.3 Å². The summed E-state index contributed by atoms with van der Waals surface area (Å²) in [5.41, 5.74) is 6.18. The third-order valence-corrected chi connectivity index (χ3v) is 6.61. The first-order chi connectivity index (χ1) is 17.9. The second kappa shape index (κ2) is 10.3. The lowest BCUT2D eigenvalue weighted by molar-refractivity contribution is 0.102. The number of aromatic nitrogens is 2. The summed E-state index contributed by atoms with van der Waals surface area (Å²) in [6.45, 7) is 4.48. The van der Waals surface area contributed by atoms with Crippen LogP contribution in [0.5, 0.6) is 5.75 Å². The fraction of sp³-hybridized carbons (Fsp3) is 0.233. The average molecular weight is 495 g/mol. The van der Waals surface area contributed by atoms with Crippen LogP contribution >= 0.6 is 0 Å². The molecule has 1 saturated carbocycles. The van der Waals surface area contributed by atoms with Crippen molar-refractivity contribution in [3.8, 4) is 17.0 Å². The van der Waals surface area contributed by atoms with E-state index in [2.05, 4.69) is 22.7 Å². The molecule has 0 bridgehead atoms. The Morgan fingerprint density at radius 1 is 1.00 bits per heavy atom. The third kappa shape index (κ3) is 5.56. The maximum Gasteiger partial charge on any atom is 0.342 e. The zero-order chi connectivity index (χ0) is 25.9. The van der Waals surface area contributed by atoms with Gasteiger partial charge < -0.3 is 15.7 Å². The van der Waals surface area contributed by atoms with E-state index >= 15 is 0 Å². The van der Waals surface area contributed by atoms with Crippen molar-refractivity contribution in [1.29, 1.82) is 0 Å². The van der Waals surface area contributed by atoms with Crippen molar-refractivity contribution in [3.05, 3.63) is 101 Å². The molecule has 7 heteroatoms. The molecule has 1 fully saturated rings. The fourth-order valence-electron chi connectivity index (χ4n) is 4.36. The van der Waals surface area contributed by atoms with E-state index in [0.717, 1.165) is 41.6 Å². The Kier molecular flexibility index (Phi) is 6.77. The molecule has 1 aromatic heterocycles. The number of rotatable bonds is 7. The Bertz CT molecular complexity index is 1450. The molecule has 4 aromatic rings. The molecule has 7 nitrogen and oxygen atoms in total. The molecule has 0 saturated heterocycles. The van der Waals surface area contributed by atoms with E-state index in [1.165, 1.54) is 10.7 Å². The van der Waals surface area contributed by atoms with Crippen molar-refractivity contribution in [2.45, 2.75) is 45.6 Å². The normalized spacial score (nSPS) is 12.8. The molecule has 0 spiro atoms. The van der Waals surface area contributed by atoms with Crippen LogP contribution < -0.4 is 10.6 Å². The summed E-state index contributed by atoms with van der Waals surface area (Å²) in [4.78, 5) is 25.6. The van der Waals surface area contributed by atoms with Crippen LogP contribution in [-0.4, -0.2) is 26.8 Å². The molecule has 3 aromatic carbocycles. The monoisotopic (exact) mass is 494 g/mol. The number of aromatic hydroxyl groups is 1. The van der Waals surface area contributed by atoms with Gasteiger partial charge >= 0.3 is 6.03 Å². The number of hydrogen-bond donors (Lipinski definition) is 3. The van der Waals surface area contributed by atoms with Crippen molar-refractivity contribution >= 4 is 17.6 Å². The van der Waals surface area contributed by atoms with Gasteiger partial charge in [-0.3, -0.25) is 4.79 Å². The van der Waals surface area contributed by atoms with E-state index in [4.69, 9.17) is 0 Å². The van der Waals surface area contributed by atoms with Crippen molar-refractivity contribution in [2.75, 3.05) is 5.32 Å². The standard InChI is InChI=1S/C30H30N4O3/c1-3-20-7-9-23(10-8-20)29(36)32-24-13-14-25(28(35)16-24)26-17-27(22-11-12-22)34(33-26)30(37)31-18-21-6-4-5-19(2)15-21/h4-10,13-17,22,35H,3,11-12,18H2,1-2H3,(H,31,37)(H,32,36). The highest BCUT2D eigenvalue weighted by Gasteiger charge is 2.30. The second-order valence-electron chi connectivity index (χ2n) is 9.52. The van der Waals surface area contributed by atoms with Crippen molar-refractivity contribution < 1.29 is 14.7 Å². The number of amides is 2. The first-order valence-corrected chi connectivity index (χ1v) is 12.6. The molecular formula is C30H30N4O3. The van der Waals surface area contributed by atoms with Gasteiger partial charge in [0.1, 0.15) is 5.75 Å². The minimum Gasteiger partial charge on any atom is -0.507 e. The SMILES string of the molecule is CCc1ccc(C(=O)Nc2ccc(-c3cc(C4CC4)n(C(=O)NCc4cccc(C)c4)n3)c(O)c2)cc1. The van der Waals surface area contributed by atoms with Crippen molar-refractivity contribution in [1.82, 2.24) is 15.1 Å². The minimum absolute atomic E-state index is 0.0219. The molecule has 0 atom stereocenters. The molecular weight excluding hydrogens is 464 g/mol. The number of carbonyl (C=O) groups is 2. The van der Waals surface area contributed by atoms with Gasteiger partial charge in [-0.1, -0.05) is 48.9 Å². The number of phenolic OH excluding ortho intramolecular Hbond substituents is 1. The predicted molar refractivity (Wildman–Crippen MR) is 144 cm³/mol. The van der Waals surface area contributed by atoms with Crippen molar-refractivity contribution in [3.63, 3.8) is 0 Å². The summed E-state index contributed by atoms with van der Waals surface area (Å²) in [5, 5.41) is 21.1. The first-order valence-electron chi connectivity index (χ1n) is 12.6. The number of benzene rings is 3. The van der Waals surface area contributed by atoms with E-state index < -0.39 is 0 Å². The lowest BCUT2D eigenvalue weighted by Crippen LogP contribution is -2.30. The molecule has 37 heavy (non-hydrogen) atoms. The summed E-state index contributed by atoms with van der Waals surface area (Å²) >= 11 is 0. The van der Waals surface area contributed by atoms with Gasteiger partial charge in [0.25, 0.3) is 5.91 Å².